The van der Waals surface area contributed by atoms with Crippen molar-refractivity contribution >= 4 is 0 Å². The summed E-state index contributed by atoms with van der Waals surface area (Å²) in [5.74, 6) is 0. The molecule has 4 heteroatoms. The Morgan fingerprint density at radius 3 is 2.80 bits per heavy atom. The number of nitrogens with zero attached hydrogens (tertiary/aromatic N) is 1. The summed E-state index contributed by atoms with van der Waals surface area (Å²) in [5.41, 5.74) is 0. The summed E-state index contributed by atoms with van der Waals surface area (Å²) in [6, 6.07) is -0.372. The Labute approximate surface area is 59.3 Å². The molecule has 0 amide bonds. The summed E-state index contributed by atoms with van der Waals surface area (Å²) >= 11 is 0. The molecule has 0 aromatic carbocycles. The van der Waals surface area contributed by atoms with Gasteiger partial charge in [0.15, 0.2) is 0 Å². The van der Waals surface area contributed by atoms with Crippen LogP contribution < -0.4 is 0 Å². The molecular formula is C6H11NO3. The van der Waals surface area contributed by atoms with Crippen molar-refractivity contribution in [2.75, 3.05) is 6.61 Å². The molecule has 1 aliphatic heterocycles. The van der Waals surface area contributed by atoms with Gasteiger partial charge < -0.3 is 4.74 Å². The lowest BCUT2D eigenvalue weighted by molar-refractivity contribution is -0.530. The van der Waals surface area contributed by atoms with Gasteiger partial charge >= 0.3 is 0 Å². The summed E-state index contributed by atoms with van der Waals surface area (Å²) in [5, 5.41) is 10.2. The first kappa shape index (κ1) is 7.47. The zero-order valence-corrected chi connectivity index (χ0v) is 5.95. The molecule has 0 unspecified atom stereocenters. The Morgan fingerprint density at radius 1 is 1.70 bits per heavy atom. The number of nitro groups is 1. The third-order valence-corrected chi connectivity index (χ3v) is 1.76. The average molecular weight is 145 g/mol. The maximum Gasteiger partial charge on any atom is 0.217 e. The molecule has 0 N–H and O–H groups in total. The Hall–Kier alpha value is -0.640. The quantitative estimate of drug-likeness (QED) is 0.405. The molecule has 58 valence electrons. The van der Waals surface area contributed by atoms with E-state index >= 15 is 0 Å². The third-order valence-electron chi connectivity index (χ3n) is 1.76. The Kier molecular flexibility index (Phi) is 2.21. The van der Waals surface area contributed by atoms with Gasteiger partial charge in [-0.25, -0.2) is 0 Å². The summed E-state index contributed by atoms with van der Waals surface area (Å²) in [6.45, 7) is 2.41. The van der Waals surface area contributed by atoms with Gasteiger partial charge in [-0.1, -0.05) is 0 Å². The van der Waals surface area contributed by atoms with Gasteiger partial charge in [-0.3, -0.25) is 10.1 Å². The van der Waals surface area contributed by atoms with Gasteiger partial charge in [-0.15, -0.1) is 0 Å². The van der Waals surface area contributed by atoms with Crippen LogP contribution in [0.3, 0.4) is 0 Å². The van der Waals surface area contributed by atoms with E-state index in [-0.39, 0.29) is 17.1 Å². The molecule has 0 bridgehead atoms. The number of hydrogen-bond acceptors (Lipinski definition) is 3. The molecule has 0 aromatic heterocycles. The van der Waals surface area contributed by atoms with Crippen LogP contribution in [0, 0.1) is 10.1 Å². The maximum atomic E-state index is 10.2. The van der Waals surface area contributed by atoms with Gasteiger partial charge in [0.25, 0.3) is 0 Å². The molecule has 0 radical (unpaired) electrons. The standard InChI is InChI=1S/C6H11NO3/c1-5-4-6(7(8)9)2-3-10-5/h5-6H,2-4H2,1H3/t5-,6-/m1/s1. The molecule has 0 saturated carbocycles. The minimum atomic E-state index is -0.372. The summed E-state index contributed by atoms with van der Waals surface area (Å²) in [4.78, 5) is 10.0. The van der Waals surface area contributed by atoms with Crippen LogP contribution in [0.1, 0.15) is 19.8 Å². The SMILES string of the molecule is C[C@@H]1C[C@H]([N+](=O)[O-])CCO1. The van der Waals surface area contributed by atoms with Crippen LogP contribution >= 0.6 is 0 Å². The van der Waals surface area contributed by atoms with Gasteiger partial charge in [-0.05, 0) is 6.92 Å². The highest BCUT2D eigenvalue weighted by atomic mass is 16.6. The molecule has 1 aliphatic rings. The largest absolute Gasteiger partial charge is 0.378 e. The molecule has 2 atom stereocenters. The van der Waals surface area contributed by atoms with E-state index in [9.17, 15) is 10.1 Å². The molecule has 0 aromatic rings. The zero-order chi connectivity index (χ0) is 7.56. The highest BCUT2D eigenvalue weighted by molar-refractivity contribution is 4.66. The lowest BCUT2D eigenvalue weighted by Gasteiger charge is -2.21. The van der Waals surface area contributed by atoms with Gasteiger partial charge in [0, 0.05) is 17.8 Å². The van der Waals surface area contributed by atoms with E-state index in [1.165, 1.54) is 0 Å². The van der Waals surface area contributed by atoms with Crippen LogP contribution in [0.4, 0.5) is 0 Å². The first-order valence-corrected chi connectivity index (χ1v) is 3.45. The first-order chi connectivity index (χ1) is 4.70. The topological polar surface area (TPSA) is 52.4 Å². The Morgan fingerprint density at radius 2 is 2.40 bits per heavy atom. The van der Waals surface area contributed by atoms with Crippen molar-refractivity contribution < 1.29 is 9.66 Å². The molecule has 4 nitrogen and oxygen atoms in total. The second-order valence-corrected chi connectivity index (χ2v) is 2.64. The van der Waals surface area contributed by atoms with Crippen molar-refractivity contribution in [3.05, 3.63) is 10.1 Å². The van der Waals surface area contributed by atoms with Crippen LogP contribution in [-0.4, -0.2) is 23.7 Å². The molecule has 1 saturated heterocycles. The van der Waals surface area contributed by atoms with Gasteiger partial charge in [0.05, 0.1) is 12.7 Å². The lowest BCUT2D eigenvalue weighted by atomic mass is 10.1. The van der Waals surface area contributed by atoms with Crippen molar-refractivity contribution in [1.29, 1.82) is 0 Å². The predicted octanol–water partition coefficient (Wildman–Crippen LogP) is 0.831. The molecular weight excluding hydrogens is 134 g/mol. The summed E-state index contributed by atoms with van der Waals surface area (Å²) < 4.78 is 5.15. The monoisotopic (exact) mass is 145 g/mol. The maximum absolute atomic E-state index is 10.2. The fourth-order valence-corrected chi connectivity index (χ4v) is 1.17. The first-order valence-electron chi connectivity index (χ1n) is 3.45. The van der Waals surface area contributed by atoms with E-state index in [0.29, 0.717) is 19.4 Å². The number of ether oxygens (including phenoxy) is 1. The summed E-state index contributed by atoms with van der Waals surface area (Å²) in [6.07, 6.45) is 1.19. The fraction of sp³-hybridized carbons (Fsp3) is 1.00. The van der Waals surface area contributed by atoms with Crippen LogP contribution in [0.15, 0.2) is 0 Å². The van der Waals surface area contributed by atoms with Crippen molar-refractivity contribution in [3.63, 3.8) is 0 Å². The molecule has 1 fully saturated rings. The van der Waals surface area contributed by atoms with Crippen molar-refractivity contribution in [3.8, 4) is 0 Å². The summed E-state index contributed by atoms with van der Waals surface area (Å²) in [7, 11) is 0. The average Bonchev–Trinajstić information content (AvgIpc) is 1.88. The predicted molar refractivity (Wildman–Crippen MR) is 35.4 cm³/mol. The Balaban J connectivity index is 2.39. The fourth-order valence-electron chi connectivity index (χ4n) is 1.17. The molecule has 10 heavy (non-hydrogen) atoms. The Bertz CT molecular complexity index is 137. The molecule has 1 heterocycles. The smallest absolute Gasteiger partial charge is 0.217 e. The molecule has 0 aliphatic carbocycles. The molecule has 0 spiro atoms. The van der Waals surface area contributed by atoms with Crippen molar-refractivity contribution in [2.45, 2.75) is 31.9 Å². The van der Waals surface area contributed by atoms with Gasteiger partial charge in [0.1, 0.15) is 0 Å². The lowest BCUT2D eigenvalue weighted by Crippen LogP contribution is -2.32. The highest BCUT2D eigenvalue weighted by Gasteiger charge is 2.27. The van der Waals surface area contributed by atoms with Gasteiger partial charge in [-0.2, -0.15) is 0 Å². The van der Waals surface area contributed by atoms with E-state index in [2.05, 4.69) is 0 Å². The second-order valence-electron chi connectivity index (χ2n) is 2.64. The van der Waals surface area contributed by atoms with Crippen molar-refractivity contribution in [2.24, 2.45) is 0 Å². The number of hydrogen-bond donors (Lipinski definition) is 0. The van der Waals surface area contributed by atoms with E-state index in [4.69, 9.17) is 4.74 Å². The van der Waals surface area contributed by atoms with Crippen LogP contribution in [0.2, 0.25) is 0 Å². The van der Waals surface area contributed by atoms with Crippen LogP contribution in [-0.2, 0) is 4.74 Å². The van der Waals surface area contributed by atoms with Crippen LogP contribution in [0.5, 0.6) is 0 Å². The zero-order valence-electron chi connectivity index (χ0n) is 5.95. The van der Waals surface area contributed by atoms with Gasteiger partial charge in [0.2, 0.25) is 6.04 Å². The van der Waals surface area contributed by atoms with E-state index in [1.54, 1.807) is 0 Å². The molecule has 1 rings (SSSR count). The van der Waals surface area contributed by atoms with Crippen LogP contribution in [0.25, 0.3) is 0 Å². The van der Waals surface area contributed by atoms with E-state index < -0.39 is 0 Å². The van der Waals surface area contributed by atoms with E-state index in [0.717, 1.165) is 0 Å². The minimum Gasteiger partial charge on any atom is -0.378 e. The number of rotatable bonds is 1. The highest BCUT2D eigenvalue weighted by Crippen LogP contribution is 2.14. The minimum absolute atomic E-state index is 0.0594. The van der Waals surface area contributed by atoms with Crippen molar-refractivity contribution in [1.82, 2.24) is 0 Å². The second kappa shape index (κ2) is 2.96. The third kappa shape index (κ3) is 1.67. The van der Waals surface area contributed by atoms with E-state index in [1.807, 2.05) is 6.92 Å². The normalized spacial score (nSPS) is 33.7.